The summed E-state index contributed by atoms with van der Waals surface area (Å²) < 4.78 is 18.6. The molecular formula is C21H25ClFN3O2. The fraction of sp³-hybridized carbons (Fsp3) is 0.429. The predicted molar refractivity (Wildman–Crippen MR) is 109 cm³/mol. The van der Waals surface area contributed by atoms with Crippen LogP contribution in [0.2, 0.25) is 5.02 Å². The molecule has 0 aliphatic carbocycles. The summed E-state index contributed by atoms with van der Waals surface area (Å²) in [4.78, 5) is 17.1. The summed E-state index contributed by atoms with van der Waals surface area (Å²) in [5.41, 5.74) is 2.01. The molecule has 2 aromatic rings. The number of hydrogen-bond acceptors (Lipinski definition) is 4. The highest BCUT2D eigenvalue weighted by molar-refractivity contribution is 6.33. The number of rotatable bonds is 6. The van der Waals surface area contributed by atoms with Crippen LogP contribution in [0.25, 0.3) is 0 Å². The summed E-state index contributed by atoms with van der Waals surface area (Å²) in [5, 5.41) is 6.39. The third-order valence-corrected chi connectivity index (χ3v) is 5.20. The molecule has 0 radical (unpaired) electrons. The molecule has 2 heterocycles. The van der Waals surface area contributed by atoms with Gasteiger partial charge >= 0.3 is 0 Å². The summed E-state index contributed by atoms with van der Waals surface area (Å²) in [6.45, 7) is 6.21. The average molecular weight is 406 g/mol. The molecule has 1 saturated heterocycles. The Morgan fingerprint density at radius 3 is 2.75 bits per heavy atom. The van der Waals surface area contributed by atoms with Gasteiger partial charge in [-0.2, -0.15) is 0 Å². The highest BCUT2D eigenvalue weighted by atomic mass is 35.5. The molecule has 1 aliphatic heterocycles. The maximum atomic E-state index is 13.2. The Bertz CT molecular complexity index is 838. The van der Waals surface area contributed by atoms with E-state index in [1.165, 1.54) is 12.1 Å². The number of carbonyl (C=O) groups is 1. The van der Waals surface area contributed by atoms with Crippen LogP contribution in [0.4, 0.5) is 15.9 Å². The zero-order valence-corrected chi connectivity index (χ0v) is 16.9. The van der Waals surface area contributed by atoms with Gasteiger partial charge in [-0.15, -0.1) is 0 Å². The van der Waals surface area contributed by atoms with E-state index in [1.54, 1.807) is 12.3 Å². The van der Waals surface area contributed by atoms with Crippen molar-refractivity contribution in [3.05, 3.63) is 52.4 Å². The van der Waals surface area contributed by atoms with Gasteiger partial charge in [0.2, 0.25) is 0 Å². The Balaban J connectivity index is 1.73. The van der Waals surface area contributed by atoms with Crippen molar-refractivity contribution in [1.82, 2.24) is 10.3 Å². The first-order valence-electron chi connectivity index (χ1n) is 9.52. The molecule has 0 saturated carbocycles. The van der Waals surface area contributed by atoms with Gasteiger partial charge in [-0.1, -0.05) is 25.4 Å². The lowest BCUT2D eigenvalue weighted by Gasteiger charge is -2.22. The van der Waals surface area contributed by atoms with Gasteiger partial charge < -0.3 is 15.4 Å². The number of nitrogens with one attached hydrogen (secondary N) is 2. The number of aromatic nitrogens is 1. The Morgan fingerprint density at radius 1 is 1.32 bits per heavy atom. The highest BCUT2D eigenvalue weighted by Crippen LogP contribution is 2.28. The smallest absolute Gasteiger partial charge is 0.253 e. The van der Waals surface area contributed by atoms with Crippen molar-refractivity contribution in [2.24, 2.45) is 5.92 Å². The monoisotopic (exact) mass is 405 g/mol. The zero-order chi connectivity index (χ0) is 20.1. The number of ether oxygens (including phenoxy) is 1. The lowest BCUT2D eigenvalue weighted by Crippen LogP contribution is -2.32. The lowest BCUT2D eigenvalue weighted by molar-refractivity contribution is 0.0642. The molecule has 7 heteroatoms. The molecule has 1 fully saturated rings. The molecule has 0 atom stereocenters. The molecule has 28 heavy (non-hydrogen) atoms. The van der Waals surface area contributed by atoms with Crippen molar-refractivity contribution in [2.45, 2.75) is 32.6 Å². The topological polar surface area (TPSA) is 63.2 Å². The maximum absolute atomic E-state index is 13.2. The van der Waals surface area contributed by atoms with Gasteiger partial charge in [0.25, 0.3) is 5.91 Å². The third-order valence-electron chi connectivity index (χ3n) is 4.89. The SMILES string of the molecule is CC(C)c1cc(Nc2ccc(F)cc2Cl)ncc1C(=O)NCC1CCOCC1. The number of anilines is 2. The maximum Gasteiger partial charge on any atom is 0.253 e. The predicted octanol–water partition coefficient (Wildman–Crippen LogP) is 4.90. The molecule has 3 rings (SSSR count). The van der Waals surface area contributed by atoms with Crippen LogP contribution in [0, 0.1) is 11.7 Å². The third kappa shape index (κ3) is 5.20. The fourth-order valence-electron chi connectivity index (χ4n) is 3.22. The van der Waals surface area contributed by atoms with Crippen LogP contribution in [0.15, 0.2) is 30.5 Å². The molecule has 150 valence electrons. The van der Waals surface area contributed by atoms with E-state index in [0.29, 0.717) is 29.5 Å². The van der Waals surface area contributed by atoms with E-state index in [-0.39, 0.29) is 16.8 Å². The van der Waals surface area contributed by atoms with E-state index < -0.39 is 5.82 Å². The first-order valence-corrected chi connectivity index (χ1v) is 9.89. The first-order chi connectivity index (χ1) is 13.4. The zero-order valence-electron chi connectivity index (χ0n) is 16.1. The average Bonchev–Trinajstić information content (AvgIpc) is 2.69. The standard InChI is InChI=1S/C21H25ClFN3O2/c1-13(2)16-10-20(26-19-4-3-15(23)9-18(19)22)24-12-17(16)21(27)25-11-14-5-7-28-8-6-14/h3-4,9-10,12-14H,5-8,11H2,1-2H3,(H,24,26)(H,25,27). The molecule has 2 N–H and O–H groups in total. The summed E-state index contributed by atoms with van der Waals surface area (Å²) in [6, 6.07) is 5.97. The quantitative estimate of drug-likeness (QED) is 0.717. The number of amides is 1. The number of hydrogen-bond donors (Lipinski definition) is 2. The second-order valence-electron chi connectivity index (χ2n) is 7.33. The van der Waals surface area contributed by atoms with Gasteiger partial charge in [-0.3, -0.25) is 4.79 Å². The molecule has 1 amide bonds. The van der Waals surface area contributed by atoms with E-state index in [4.69, 9.17) is 16.3 Å². The van der Waals surface area contributed by atoms with Crippen molar-refractivity contribution in [2.75, 3.05) is 25.1 Å². The minimum Gasteiger partial charge on any atom is -0.381 e. The van der Waals surface area contributed by atoms with E-state index in [1.807, 2.05) is 19.9 Å². The van der Waals surface area contributed by atoms with Crippen LogP contribution in [-0.2, 0) is 4.74 Å². The van der Waals surface area contributed by atoms with Crippen LogP contribution in [0.5, 0.6) is 0 Å². The number of carbonyl (C=O) groups excluding carboxylic acids is 1. The molecule has 0 unspecified atom stereocenters. The van der Waals surface area contributed by atoms with Crippen molar-refractivity contribution >= 4 is 29.0 Å². The molecule has 0 bridgehead atoms. The van der Waals surface area contributed by atoms with Gasteiger partial charge in [0, 0.05) is 26.0 Å². The van der Waals surface area contributed by atoms with Crippen molar-refractivity contribution in [3.63, 3.8) is 0 Å². The highest BCUT2D eigenvalue weighted by Gasteiger charge is 2.19. The number of nitrogens with zero attached hydrogens (tertiary/aromatic N) is 1. The Kier molecular flexibility index (Phi) is 6.86. The van der Waals surface area contributed by atoms with Crippen molar-refractivity contribution < 1.29 is 13.9 Å². The van der Waals surface area contributed by atoms with E-state index in [9.17, 15) is 9.18 Å². The van der Waals surface area contributed by atoms with Gasteiger partial charge in [-0.05, 0) is 54.5 Å². The largest absolute Gasteiger partial charge is 0.381 e. The van der Waals surface area contributed by atoms with Crippen LogP contribution >= 0.6 is 11.6 Å². The fourth-order valence-corrected chi connectivity index (χ4v) is 3.43. The normalized spacial score (nSPS) is 14.9. The van der Waals surface area contributed by atoms with Gasteiger partial charge in [0.1, 0.15) is 11.6 Å². The van der Waals surface area contributed by atoms with Crippen LogP contribution in [0.3, 0.4) is 0 Å². The van der Waals surface area contributed by atoms with Crippen LogP contribution in [-0.4, -0.2) is 30.6 Å². The van der Waals surface area contributed by atoms with E-state index in [0.717, 1.165) is 31.6 Å². The van der Waals surface area contributed by atoms with E-state index in [2.05, 4.69) is 15.6 Å². The number of benzene rings is 1. The van der Waals surface area contributed by atoms with Crippen molar-refractivity contribution in [3.8, 4) is 0 Å². The van der Waals surface area contributed by atoms with Crippen LogP contribution < -0.4 is 10.6 Å². The summed E-state index contributed by atoms with van der Waals surface area (Å²) in [5.74, 6) is 0.626. The second kappa shape index (κ2) is 9.34. The van der Waals surface area contributed by atoms with Crippen LogP contribution in [0.1, 0.15) is 48.5 Å². The minimum absolute atomic E-state index is 0.117. The molecule has 1 aromatic carbocycles. The van der Waals surface area contributed by atoms with Crippen molar-refractivity contribution in [1.29, 1.82) is 0 Å². The first kappa shape index (κ1) is 20.6. The van der Waals surface area contributed by atoms with Gasteiger partial charge in [0.05, 0.1) is 16.3 Å². The number of halogens is 2. The molecule has 5 nitrogen and oxygen atoms in total. The van der Waals surface area contributed by atoms with E-state index >= 15 is 0 Å². The second-order valence-corrected chi connectivity index (χ2v) is 7.73. The Morgan fingerprint density at radius 2 is 2.07 bits per heavy atom. The minimum atomic E-state index is -0.400. The van der Waals surface area contributed by atoms with Gasteiger partial charge in [-0.25, -0.2) is 9.37 Å². The van der Waals surface area contributed by atoms with Gasteiger partial charge in [0.15, 0.2) is 0 Å². The molecule has 1 aliphatic rings. The summed E-state index contributed by atoms with van der Waals surface area (Å²) in [7, 11) is 0. The molecular weight excluding hydrogens is 381 g/mol. The molecule has 0 spiro atoms. The Labute approximate surface area is 169 Å². The molecule has 1 aromatic heterocycles. The Hall–Kier alpha value is -2.18. The lowest BCUT2D eigenvalue weighted by atomic mass is 9.97. The summed E-state index contributed by atoms with van der Waals surface area (Å²) in [6.07, 6.45) is 3.52. The number of pyridine rings is 1. The summed E-state index contributed by atoms with van der Waals surface area (Å²) >= 11 is 6.08.